The minimum absolute atomic E-state index is 0.154. The summed E-state index contributed by atoms with van der Waals surface area (Å²) in [6.45, 7) is 0.354. The SMILES string of the molecule is COc1cccc(S(=O)(=O)N2CCC(S(=O)(=O)c3ccccc3)CC2)c1. The van der Waals surface area contributed by atoms with E-state index in [1.165, 1.54) is 23.5 Å². The lowest BCUT2D eigenvalue weighted by molar-refractivity contribution is 0.345. The van der Waals surface area contributed by atoms with Crippen LogP contribution in [0.5, 0.6) is 5.75 Å². The second kappa shape index (κ2) is 7.38. The molecule has 1 fully saturated rings. The number of rotatable bonds is 5. The zero-order chi connectivity index (χ0) is 18.8. The van der Waals surface area contributed by atoms with Crippen LogP contribution in [0.15, 0.2) is 64.4 Å². The molecule has 8 heteroatoms. The lowest BCUT2D eigenvalue weighted by Crippen LogP contribution is -2.42. The summed E-state index contributed by atoms with van der Waals surface area (Å²) in [5, 5.41) is -0.568. The molecule has 1 aliphatic heterocycles. The number of methoxy groups -OCH3 is 1. The maximum Gasteiger partial charge on any atom is 0.243 e. The van der Waals surface area contributed by atoms with Crippen LogP contribution in [-0.2, 0) is 19.9 Å². The smallest absolute Gasteiger partial charge is 0.243 e. The van der Waals surface area contributed by atoms with Crippen LogP contribution in [0, 0.1) is 0 Å². The van der Waals surface area contributed by atoms with Crippen molar-refractivity contribution in [3.63, 3.8) is 0 Å². The third kappa shape index (κ3) is 3.62. The van der Waals surface area contributed by atoms with Gasteiger partial charge < -0.3 is 4.74 Å². The Morgan fingerprint density at radius 3 is 2.12 bits per heavy atom. The van der Waals surface area contributed by atoms with Crippen LogP contribution in [0.1, 0.15) is 12.8 Å². The first kappa shape index (κ1) is 18.9. The van der Waals surface area contributed by atoms with Gasteiger partial charge >= 0.3 is 0 Å². The van der Waals surface area contributed by atoms with Gasteiger partial charge in [0.1, 0.15) is 5.75 Å². The van der Waals surface area contributed by atoms with Gasteiger partial charge in [0, 0.05) is 19.2 Å². The molecule has 1 heterocycles. The second-order valence-corrected chi connectivity index (χ2v) is 10.3. The van der Waals surface area contributed by atoms with Crippen molar-refractivity contribution in [3.05, 3.63) is 54.6 Å². The predicted molar refractivity (Wildman–Crippen MR) is 98.4 cm³/mol. The Bertz CT molecular complexity index is 964. The zero-order valence-electron chi connectivity index (χ0n) is 14.4. The summed E-state index contributed by atoms with van der Waals surface area (Å²) in [6, 6.07) is 14.6. The molecule has 1 aliphatic rings. The molecule has 0 radical (unpaired) electrons. The second-order valence-electron chi connectivity index (χ2n) is 6.14. The van der Waals surface area contributed by atoms with Crippen molar-refractivity contribution in [2.45, 2.75) is 27.9 Å². The van der Waals surface area contributed by atoms with Gasteiger partial charge in [-0.25, -0.2) is 16.8 Å². The van der Waals surface area contributed by atoms with Crippen molar-refractivity contribution < 1.29 is 21.6 Å². The summed E-state index contributed by atoms with van der Waals surface area (Å²) in [7, 11) is -5.64. The summed E-state index contributed by atoms with van der Waals surface area (Å²) in [6.07, 6.45) is 0.556. The van der Waals surface area contributed by atoms with E-state index in [4.69, 9.17) is 4.74 Å². The summed E-state index contributed by atoms with van der Waals surface area (Å²) in [5.74, 6) is 0.465. The molecule has 0 spiro atoms. The van der Waals surface area contributed by atoms with E-state index >= 15 is 0 Å². The molecule has 2 aromatic carbocycles. The quantitative estimate of drug-likeness (QED) is 0.776. The minimum atomic E-state index is -3.67. The van der Waals surface area contributed by atoms with Crippen LogP contribution in [-0.4, -0.2) is 46.6 Å². The Morgan fingerprint density at radius 1 is 0.885 bits per heavy atom. The molecule has 6 nitrogen and oxygen atoms in total. The molecule has 0 atom stereocenters. The van der Waals surface area contributed by atoms with Crippen molar-refractivity contribution in [1.29, 1.82) is 0 Å². The topological polar surface area (TPSA) is 80.8 Å². The number of benzene rings is 2. The van der Waals surface area contributed by atoms with Crippen molar-refractivity contribution >= 4 is 19.9 Å². The number of hydrogen-bond acceptors (Lipinski definition) is 5. The number of sulfone groups is 1. The summed E-state index contributed by atoms with van der Waals surface area (Å²) < 4.78 is 57.5. The van der Waals surface area contributed by atoms with E-state index in [1.54, 1.807) is 42.5 Å². The fraction of sp³-hybridized carbons (Fsp3) is 0.333. The van der Waals surface area contributed by atoms with Crippen LogP contribution < -0.4 is 4.74 Å². The third-order valence-electron chi connectivity index (χ3n) is 4.59. The Kier molecular flexibility index (Phi) is 5.36. The Hall–Kier alpha value is -1.90. The monoisotopic (exact) mass is 395 g/mol. The van der Waals surface area contributed by atoms with Crippen molar-refractivity contribution in [2.75, 3.05) is 20.2 Å². The molecule has 2 aromatic rings. The van der Waals surface area contributed by atoms with Gasteiger partial charge in [-0.3, -0.25) is 0 Å². The van der Waals surface area contributed by atoms with E-state index in [0.717, 1.165) is 0 Å². The van der Waals surface area contributed by atoms with Crippen molar-refractivity contribution in [3.8, 4) is 5.75 Å². The van der Waals surface area contributed by atoms with Crippen LogP contribution in [0.2, 0.25) is 0 Å². The molecule has 0 saturated carbocycles. The van der Waals surface area contributed by atoms with E-state index in [0.29, 0.717) is 5.75 Å². The molecule has 0 bridgehead atoms. The van der Waals surface area contributed by atoms with Gasteiger partial charge in [-0.2, -0.15) is 4.31 Å². The average Bonchev–Trinajstić information content (AvgIpc) is 2.68. The molecule has 0 aliphatic carbocycles. The van der Waals surface area contributed by atoms with E-state index < -0.39 is 25.1 Å². The van der Waals surface area contributed by atoms with Gasteiger partial charge in [-0.1, -0.05) is 24.3 Å². The Labute approximate surface area is 154 Å². The number of sulfonamides is 1. The third-order valence-corrected chi connectivity index (χ3v) is 8.76. The first-order valence-electron chi connectivity index (χ1n) is 8.29. The molecular weight excluding hydrogens is 374 g/mol. The molecule has 3 rings (SSSR count). The molecule has 0 aromatic heterocycles. The van der Waals surface area contributed by atoms with Crippen LogP contribution in [0.3, 0.4) is 0 Å². The molecular formula is C18H21NO5S2. The number of ether oxygens (including phenoxy) is 1. The van der Waals surface area contributed by atoms with Gasteiger partial charge in [-0.15, -0.1) is 0 Å². The summed E-state index contributed by atoms with van der Waals surface area (Å²) in [5.41, 5.74) is 0. The highest BCUT2D eigenvalue weighted by Gasteiger charge is 2.35. The zero-order valence-corrected chi connectivity index (χ0v) is 16.0. The normalized spacial score (nSPS) is 17.1. The molecule has 0 N–H and O–H groups in total. The first-order chi connectivity index (χ1) is 12.4. The average molecular weight is 396 g/mol. The highest BCUT2D eigenvalue weighted by Crippen LogP contribution is 2.28. The van der Waals surface area contributed by atoms with E-state index in [9.17, 15) is 16.8 Å². The first-order valence-corrected chi connectivity index (χ1v) is 11.3. The van der Waals surface area contributed by atoms with Crippen LogP contribution >= 0.6 is 0 Å². The number of hydrogen-bond donors (Lipinski definition) is 0. The standard InChI is InChI=1S/C18H21NO5S2/c1-24-15-6-5-9-18(14-15)26(22,23)19-12-10-17(11-13-19)25(20,21)16-7-3-2-4-8-16/h2-9,14,17H,10-13H2,1H3. The van der Waals surface area contributed by atoms with Gasteiger partial charge in [0.25, 0.3) is 0 Å². The van der Waals surface area contributed by atoms with Gasteiger partial charge in [0.2, 0.25) is 10.0 Å². The fourth-order valence-electron chi connectivity index (χ4n) is 3.10. The Morgan fingerprint density at radius 2 is 1.50 bits per heavy atom. The lowest BCUT2D eigenvalue weighted by Gasteiger charge is -2.31. The Balaban J connectivity index is 1.76. The maximum absolute atomic E-state index is 12.8. The summed E-state index contributed by atoms with van der Waals surface area (Å²) >= 11 is 0. The van der Waals surface area contributed by atoms with E-state index in [2.05, 4.69) is 0 Å². The maximum atomic E-state index is 12.8. The van der Waals surface area contributed by atoms with Gasteiger partial charge in [0.05, 0.1) is 22.2 Å². The number of nitrogens with zero attached hydrogens (tertiary/aromatic N) is 1. The van der Waals surface area contributed by atoms with Crippen LogP contribution in [0.25, 0.3) is 0 Å². The highest BCUT2D eigenvalue weighted by molar-refractivity contribution is 7.92. The molecule has 1 saturated heterocycles. The molecule has 0 unspecified atom stereocenters. The highest BCUT2D eigenvalue weighted by atomic mass is 32.2. The van der Waals surface area contributed by atoms with Crippen LogP contribution in [0.4, 0.5) is 0 Å². The predicted octanol–water partition coefficient (Wildman–Crippen LogP) is 2.32. The van der Waals surface area contributed by atoms with Gasteiger partial charge in [-0.05, 0) is 37.1 Å². The number of piperidine rings is 1. The molecule has 140 valence electrons. The fourth-order valence-corrected chi connectivity index (χ4v) is 6.35. The van der Waals surface area contributed by atoms with E-state index in [1.807, 2.05) is 0 Å². The van der Waals surface area contributed by atoms with E-state index in [-0.39, 0.29) is 35.7 Å². The molecule has 26 heavy (non-hydrogen) atoms. The lowest BCUT2D eigenvalue weighted by atomic mass is 10.2. The largest absolute Gasteiger partial charge is 0.497 e. The van der Waals surface area contributed by atoms with Crippen molar-refractivity contribution in [2.24, 2.45) is 0 Å². The van der Waals surface area contributed by atoms with Gasteiger partial charge in [0.15, 0.2) is 9.84 Å². The van der Waals surface area contributed by atoms with Crippen molar-refractivity contribution in [1.82, 2.24) is 4.31 Å². The molecule has 0 amide bonds. The minimum Gasteiger partial charge on any atom is -0.497 e. The summed E-state index contributed by atoms with van der Waals surface area (Å²) in [4.78, 5) is 0.440.